The van der Waals surface area contributed by atoms with Gasteiger partial charge in [-0.2, -0.15) is 8.78 Å². The highest BCUT2D eigenvalue weighted by Crippen LogP contribution is 2.47. The largest absolute Gasteiger partial charge is 0.434 e. The molecule has 0 fully saturated rings. The van der Waals surface area contributed by atoms with Crippen LogP contribution in [0.2, 0.25) is 0 Å². The second-order valence-corrected chi connectivity index (χ2v) is 10.9. The summed E-state index contributed by atoms with van der Waals surface area (Å²) in [6.07, 6.45) is 1.86. The molecule has 35 heavy (non-hydrogen) atoms. The Kier molecular flexibility index (Phi) is 4.72. The second-order valence-electron chi connectivity index (χ2n) is 8.78. The molecule has 2 N–H and O–H groups in total. The Morgan fingerprint density at radius 3 is 2.60 bits per heavy atom. The Balaban J connectivity index is 1.51. The topological polar surface area (TPSA) is 97.1 Å². The fourth-order valence-electron chi connectivity index (χ4n) is 5.10. The molecule has 3 atom stereocenters. The highest BCUT2D eigenvalue weighted by molar-refractivity contribution is 7.91. The number of imidazole rings is 1. The monoisotopic (exact) mass is 494 g/mol. The minimum absolute atomic E-state index is 0.0155. The number of ether oxygens (including phenoxy) is 1. The molecule has 2 aliphatic heterocycles. The van der Waals surface area contributed by atoms with Gasteiger partial charge in [0.25, 0.3) is 5.91 Å². The number of fused-ring (bicyclic) bond motifs is 9. The van der Waals surface area contributed by atoms with Gasteiger partial charge in [-0.1, -0.05) is 24.3 Å². The van der Waals surface area contributed by atoms with Gasteiger partial charge in [0.15, 0.2) is 0 Å². The third-order valence-electron chi connectivity index (χ3n) is 6.60. The van der Waals surface area contributed by atoms with E-state index in [0.717, 1.165) is 22.2 Å². The van der Waals surface area contributed by atoms with Gasteiger partial charge in [0.1, 0.15) is 11.6 Å². The molecule has 2 aliphatic rings. The van der Waals surface area contributed by atoms with E-state index in [1.807, 2.05) is 34.9 Å². The van der Waals surface area contributed by atoms with Crippen molar-refractivity contribution >= 4 is 26.7 Å². The first-order valence-corrected chi connectivity index (χ1v) is 12.9. The Hall–Kier alpha value is -3.79. The summed E-state index contributed by atoms with van der Waals surface area (Å²) in [6, 6.07) is 16.6. The highest BCUT2D eigenvalue weighted by Gasteiger charge is 2.42. The number of halogens is 2. The number of nitrogens with one attached hydrogen (secondary N) is 2. The van der Waals surface area contributed by atoms with E-state index in [9.17, 15) is 17.8 Å². The van der Waals surface area contributed by atoms with Crippen LogP contribution in [0, 0.1) is 4.78 Å². The van der Waals surface area contributed by atoms with E-state index in [1.165, 1.54) is 18.4 Å². The molecule has 0 saturated carbocycles. The molecule has 1 amide bonds. The van der Waals surface area contributed by atoms with Gasteiger partial charge in [-0.25, -0.2) is 14.0 Å². The number of aromatic nitrogens is 2. The molecule has 0 saturated heterocycles. The summed E-state index contributed by atoms with van der Waals surface area (Å²) in [4.78, 5) is 18.1. The summed E-state index contributed by atoms with van der Waals surface area (Å²) in [5.41, 5.74) is 4.04. The first kappa shape index (κ1) is 21.7. The molecule has 0 radical (unpaired) electrons. The minimum Gasteiger partial charge on any atom is -0.434 e. The van der Waals surface area contributed by atoms with Crippen LogP contribution in [-0.4, -0.2) is 32.5 Å². The van der Waals surface area contributed by atoms with Crippen molar-refractivity contribution in [2.75, 3.05) is 6.26 Å². The molecule has 3 heterocycles. The lowest BCUT2D eigenvalue weighted by molar-refractivity contribution is -0.0507. The fraction of sp³-hybridized carbons (Fsp3) is 0.200. The fourth-order valence-corrected chi connectivity index (χ4v) is 5.75. The number of hydrogen-bond acceptors (Lipinski definition) is 5. The summed E-state index contributed by atoms with van der Waals surface area (Å²) in [5, 5.41) is 2.98. The molecule has 4 aromatic rings. The van der Waals surface area contributed by atoms with E-state index in [0.29, 0.717) is 28.3 Å². The van der Waals surface area contributed by atoms with Gasteiger partial charge >= 0.3 is 6.61 Å². The van der Waals surface area contributed by atoms with E-state index in [1.54, 1.807) is 18.2 Å². The lowest BCUT2D eigenvalue weighted by Crippen LogP contribution is -2.28. The van der Waals surface area contributed by atoms with Crippen molar-refractivity contribution in [2.45, 2.75) is 30.0 Å². The maximum absolute atomic E-state index is 13.2. The molecule has 0 spiro atoms. The molecule has 0 aliphatic carbocycles. The van der Waals surface area contributed by atoms with E-state index < -0.39 is 22.4 Å². The zero-order chi connectivity index (χ0) is 24.5. The Morgan fingerprint density at radius 2 is 1.89 bits per heavy atom. The quantitative estimate of drug-likeness (QED) is 0.412. The number of benzene rings is 3. The molecule has 1 unspecified atom stereocenters. The van der Waals surface area contributed by atoms with Crippen LogP contribution in [-0.2, 0) is 9.73 Å². The van der Waals surface area contributed by atoms with Gasteiger partial charge in [-0.15, -0.1) is 0 Å². The Morgan fingerprint density at radius 1 is 1.14 bits per heavy atom. The third-order valence-corrected chi connectivity index (χ3v) is 7.77. The minimum atomic E-state index is -3.01. The lowest BCUT2D eigenvalue weighted by Gasteiger charge is -2.21. The summed E-state index contributed by atoms with van der Waals surface area (Å²) < 4.78 is 53.0. The lowest BCUT2D eigenvalue weighted by atomic mass is 9.97. The molecule has 3 aromatic carbocycles. The maximum atomic E-state index is 13.2. The van der Waals surface area contributed by atoms with Crippen molar-refractivity contribution < 1.29 is 22.5 Å². The van der Waals surface area contributed by atoms with Crippen LogP contribution in [0.4, 0.5) is 8.78 Å². The number of amides is 1. The first-order chi connectivity index (χ1) is 16.7. The van der Waals surface area contributed by atoms with Gasteiger partial charge in [-0.3, -0.25) is 4.79 Å². The van der Waals surface area contributed by atoms with Crippen LogP contribution in [0.3, 0.4) is 0 Å². The summed E-state index contributed by atoms with van der Waals surface area (Å²) in [7, 11) is -2.81. The van der Waals surface area contributed by atoms with Crippen LogP contribution < -0.4 is 10.1 Å². The van der Waals surface area contributed by atoms with Gasteiger partial charge < -0.3 is 14.6 Å². The second kappa shape index (κ2) is 7.61. The number of nitrogens with zero attached hydrogens (tertiary/aromatic N) is 2. The predicted octanol–water partition coefficient (Wildman–Crippen LogP) is 5.12. The van der Waals surface area contributed by atoms with Crippen LogP contribution in [0.25, 0.3) is 22.2 Å². The van der Waals surface area contributed by atoms with Crippen LogP contribution >= 0.6 is 0 Å². The average molecular weight is 495 g/mol. The zero-order valence-electron chi connectivity index (χ0n) is 18.5. The van der Waals surface area contributed by atoms with Crippen molar-refractivity contribution in [3.63, 3.8) is 0 Å². The first-order valence-electron chi connectivity index (χ1n) is 11.0. The van der Waals surface area contributed by atoms with E-state index in [4.69, 9.17) is 14.5 Å². The van der Waals surface area contributed by atoms with E-state index in [-0.39, 0.29) is 17.7 Å². The molecule has 2 bridgehead atoms. The normalized spacial score (nSPS) is 20.2. The van der Waals surface area contributed by atoms with Gasteiger partial charge in [0.05, 0.1) is 32.8 Å². The molecule has 10 heteroatoms. The number of carbonyl (C=O) groups is 1. The Bertz CT molecular complexity index is 1610. The van der Waals surface area contributed by atoms with Crippen molar-refractivity contribution in [3.05, 3.63) is 77.6 Å². The third kappa shape index (κ3) is 3.47. The molecule has 6 rings (SSSR count). The average Bonchev–Trinajstić information content (AvgIpc) is 3.30. The van der Waals surface area contributed by atoms with E-state index in [2.05, 4.69) is 5.32 Å². The molecule has 1 aromatic heterocycles. The number of alkyl halides is 2. The molecular weight excluding hydrogens is 474 g/mol. The van der Waals surface area contributed by atoms with Gasteiger partial charge in [-0.05, 0) is 53.9 Å². The number of carbonyl (C=O) groups excluding carboxylic acids is 1. The predicted molar refractivity (Wildman–Crippen MR) is 126 cm³/mol. The maximum Gasteiger partial charge on any atom is 0.387 e. The summed E-state index contributed by atoms with van der Waals surface area (Å²) >= 11 is 0. The van der Waals surface area contributed by atoms with Crippen molar-refractivity contribution in [1.82, 2.24) is 14.9 Å². The zero-order valence-corrected chi connectivity index (χ0v) is 19.3. The SMILES string of the molecule is CS(=N)(=O)c1ccc(-c2ccc3nc4n(c3c2)[C@H]2C[C@@H]4NC(=O)c3cccc(OC(F)F)c32)cc1. The van der Waals surface area contributed by atoms with Crippen molar-refractivity contribution in [1.29, 1.82) is 4.78 Å². The van der Waals surface area contributed by atoms with Crippen LogP contribution in [0.5, 0.6) is 5.75 Å². The summed E-state index contributed by atoms with van der Waals surface area (Å²) in [5.74, 6) is 0.315. The van der Waals surface area contributed by atoms with Crippen LogP contribution in [0.1, 0.15) is 40.3 Å². The van der Waals surface area contributed by atoms with Gasteiger partial charge in [0.2, 0.25) is 0 Å². The van der Waals surface area contributed by atoms with Gasteiger partial charge in [0, 0.05) is 22.3 Å². The van der Waals surface area contributed by atoms with Crippen molar-refractivity contribution in [3.8, 4) is 16.9 Å². The van der Waals surface area contributed by atoms with E-state index >= 15 is 0 Å². The molecule has 7 nitrogen and oxygen atoms in total. The smallest absolute Gasteiger partial charge is 0.387 e. The van der Waals surface area contributed by atoms with Crippen LogP contribution in [0.15, 0.2) is 65.6 Å². The standard InChI is InChI=1S/C25H20F2N4O3S/c1-35(28,33)15-8-5-13(6-9-15)14-7-10-17-19(11-14)31-20-12-18(23(31)29-17)30-24(32)16-3-2-4-21(22(16)20)34-25(26)27/h2-11,18,20,25,28H,12H2,1H3,(H,30,32)/t18-,20-,35?/m0/s1. The Labute approximate surface area is 199 Å². The van der Waals surface area contributed by atoms with Crippen molar-refractivity contribution in [2.24, 2.45) is 0 Å². The molecule has 178 valence electrons. The highest BCUT2D eigenvalue weighted by atomic mass is 32.2. The summed E-state index contributed by atoms with van der Waals surface area (Å²) in [6.45, 7) is -3.01. The number of rotatable bonds is 4. The molecular formula is C25H20F2N4O3S. The number of hydrogen-bond donors (Lipinski definition) is 2.